The summed E-state index contributed by atoms with van der Waals surface area (Å²) in [6, 6.07) is 7.59. The molecular weight excluding hydrogens is 279 g/mol. The lowest BCUT2D eigenvalue weighted by molar-refractivity contribution is 0.545. The lowest BCUT2D eigenvalue weighted by atomic mass is 9.95. The minimum atomic E-state index is -0.140. The van der Waals surface area contributed by atoms with Crippen LogP contribution in [0.1, 0.15) is 32.2 Å². The predicted molar refractivity (Wildman–Crippen MR) is 80.9 cm³/mol. The molecule has 2 rings (SSSR count). The molecule has 4 heteroatoms. The van der Waals surface area contributed by atoms with Crippen molar-refractivity contribution in [2.45, 2.75) is 33.1 Å². The second-order valence-electron chi connectivity index (χ2n) is 5.57. The molecule has 0 fully saturated rings. The zero-order valence-electron chi connectivity index (χ0n) is 11.5. The Morgan fingerprint density at radius 1 is 0.947 bits per heavy atom. The van der Waals surface area contributed by atoms with E-state index in [0.29, 0.717) is 10.2 Å². The molecule has 0 amide bonds. The molecule has 0 saturated heterocycles. The van der Waals surface area contributed by atoms with Gasteiger partial charge in [0.25, 0.3) is 0 Å². The van der Waals surface area contributed by atoms with Gasteiger partial charge in [0, 0.05) is 21.6 Å². The molecule has 0 aliphatic rings. The average Bonchev–Trinajstić information content (AvgIpc) is 2.32. The third kappa shape index (κ3) is 3.07. The van der Waals surface area contributed by atoms with E-state index >= 15 is 0 Å². The summed E-state index contributed by atoms with van der Waals surface area (Å²) >= 11 is 12.1. The fraction of sp³-hybridized carbons (Fsp3) is 0.333. The van der Waals surface area contributed by atoms with Crippen molar-refractivity contribution in [3.05, 3.63) is 45.8 Å². The van der Waals surface area contributed by atoms with Crippen LogP contribution >= 0.6 is 23.2 Å². The monoisotopic (exact) mass is 294 g/mol. The zero-order chi connectivity index (χ0) is 14.2. The number of hydrogen-bond acceptors (Lipinski definition) is 2. The Balaban J connectivity index is 2.62. The molecule has 2 aromatic rings. The van der Waals surface area contributed by atoms with Gasteiger partial charge in [-0.1, -0.05) is 56.1 Å². The quantitative estimate of drug-likeness (QED) is 0.687. The van der Waals surface area contributed by atoms with E-state index in [1.807, 2.05) is 31.2 Å². The molecular formula is C15H16Cl2N2. The maximum absolute atomic E-state index is 6.23. The van der Waals surface area contributed by atoms with Crippen LogP contribution in [0.15, 0.2) is 24.3 Å². The Morgan fingerprint density at radius 3 is 2.05 bits per heavy atom. The van der Waals surface area contributed by atoms with Crippen LogP contribution in [0.4, 0.5) is 0 Å². The van der Waals surface area contributed by atoms with E-state index in [2.05, 4.69) is 30.7 Å². The van der Waals surface area contributed by atoms with E-state index in [1.165, 1.54) is 0 Å². The van der Waals surface area contributed by atoms with Gasteiger partial charge in [-0.05, 0) is 19.1 Å². The van der Waals surface area contributed by atoms with Gasteiger partial charge in [-0.15, -0.1) is 0 Å². The molecule has 1 aromatic heterocycles. The molecule has 0 aliphatic carbocycles. The maximum atomic E-state index is 6.23. The summed E-state index contributed by atoms with van der Waals surface area (Å²) in [7, 11) is 0. The smallest absolute Gasteiger partial charge is 0.136 e. The van der Waals surface area contributed by atoms with Gasteiger partial charge in [0.15, 0.2) is 0 Å². The minimum Gasteiger partial charge on any atom is -0.232 e. The fourth-order valence-corrected chi connectivity index (χ4v) is 2.01. The summed E-state index contributed by atoms with van der Waals surface area (Å²) in [6.45, 7) is 8.14. The molecule has 0 N–H and O–H groups in total. The van der Waals surface area contributed by atoms with E-state index < -0.39 is 0 Å². The van der Waals surface area contributed by atoms with Crippen LogP contribution in [-0.2, 0) is 5.41 Å². The normalized spacial score (nSPS) is 11.7. The largest absolute Gasteiger partial charge is 0.232 e. The molecule has 1 heterocycles. The molecule has 0 bridgehead atoms. The molecule has 0 spiro atoms. The Morgan fingerprint density at radius 2 is 1.53 bits per heavy atom. The minimum absolute atomic E-state index is 0.140. The Kier molecular flexibility index (Phi) is 3.84. The van der Waals surface area contributed by atoms with Crippen LogP contribution in [0.3, 0.4) is 0 Å². The van der Waals surface area contributed by atoms with Gasteiger partial charge < -0.3 is 0 Å². The van der Waals surface area contributed by atoms with Crippen LogP contribution in [0.25, 0.3) is 11.3 Å². The molecule has 2 nitrogen and oxygen atoms in total. The van der Waals surface area contributed by atoms with Gasteiger partial charge in [-0.2, -0.15) is 0 Å². The van der Waals surface area contributed by atoms with Gasteiger partial charge in [0.2, 0.25) is 0 Å². The molecule has 1 aromatic carbocycles. The summed E-state index contributed by atoms with van der Waals surface area (Å²) in [4.78, 5) is 9.04. The van der Waals surface area contributed by atoms with E-state index in [9.17, 15) is 0 Å². The van der Waals surface area contributed by atoms with Gasteiger partial charge in [-0.25, -0.2) is 9.97 Å². The Hall–Kier alpha value is -1.12. The second kappa shape index (κ2) is 5.10. The third-order valence-corrected chi connectivity index (χ3v) is 3.49. The highest BCUT2D eigenvalue weighted by Crippen LogP contribution is 2.29. The van der Waals surface area contributed by atoms with Crippen molar-refractivity contribution in [3.63, 3.8) is 0 Å². The molecule has 0 aliphatic heterocycles. The van der Waals surface area contributed by atoms with Crippen LogP contribution in [0, 0.1) is 6.92 Å². The Labute approximate surface area is 123 Å². The highest BCUT2D eigenvalue weighted by atomic mass is 35.5. The van der Waals surface area contributed by atoms with Crippen molar-refractivity contribution in [2.75, 3.05) is 0 Å². The first-order chi connectivity index (χ1) is 8.79. The topological polar surface area (TPSA) is 25.8 Å². The van der Waals surface area contributed by atoms with Crippen molar-refractivity contribution in [1.29, 1.82) is 0 Å². The van der Waals surface area contributed by atoms with E-state index in [1.54, 1.807) is 0 Å². The number of halogens is 2. The number of benzene rings is 1. The summed E-state index contributed by atoms with van der Waals surface area (Å²) in [6.07, 6.45) is 0. The summed E-state index contributed by atoms with van der Waals surface area (Å²) < 4.78 is 0. The molecule has 0 saturated carbocycles. The van der Waals surface area contributed by atoms with Gasteiger partial charge >= 0.3 is 0 Å². The second-order valence-corrected chi connectivity index (χ2v) is 6.36. The van der Waals surface area contributed by atoms with Crippen LogP contribution in [-0.4, -0.2) is 9.97 Å². The summed E-state index contributed by atoms with van der Waals surface area (Å²) in [5.41, 5.74) is 2.61. The third-order valence-electron chi connectivity index (χ3n) is 2.87. The highest BCUT2D eigenvalue weighted by Gasteiger charge is 2.21. The SMILES string of the molecule is Cc1c(Cl)nc(C(C)(C)C)nc1-c1ccc(Cl)cc1. The van der Waals surface area contributed by atoms with Gasteiger partial charge in [-0.3, -0.25) is 0 Å². The lowest BCUT2D eigenvalue weighted by Crippen LogP contribution is -2.17. The van der Waals surface area contributed by atoms with Crippen LogP contribution in [0.5, 0.6) is 0 Å². The van der Waals surface area contributed by atoms with Gasteiger partial charge in [0.1, 0.15) is 11.0 Å². The van der Waals surface area contributed by atoms with Crippen molar-refractivity contribution in [2.24, 2.45) is 0 Å². The molecule has 0 atom stereocenters. The lowest BCUT2D eigenvalue weighted by Gasteiger charge is -2.19. The molecule has 100 valence electrons. The molecule has 0 unspecified atom stereocenters. The van der Waals surface area contributed by atoms with Crippen molar-refractivity contribution < 1.29 is 0 Å². The fourth-order valence-electron chi connectivity index (χ4n) is 1.71. The number of rotatable bonds is 1. The number of hydrogen-bond donors (Lipinski definition) is 0. The van der Waals surface area contributed by atoms with E-state index in [4.69, 9.17) is 23.2 Å². The molecule has 0 radical (unpaired) electrons. The van der Waals surface area contributed by atoms with E-state index in [0.717, 1.165) is 22.6 Å². The van der Waals surface area contributed by atoms with E-state index in [-0.39, 0.29) is 5.41 Å². The van der Waals surface area contributed by atoms with Crippen molar-refractivity contribution >= 4 is 23.2 Å². The molecule has 19 heavy (non-hydrogen) atoms. The van der Waals surface area contributed by atoms with Crippen molar-refractivity contribution in [1.82, 2.24) is 9.97 Å². The highest BCUT2D eigenvalue weighted by molar-refractivity contribution is 6.31. The summed E-state index contributed by atoms with van der Waals surface area (Å²) in [5.74, 6) is 0.744. The first-order valence-corrected chi connectivity index (χ1v) is 6.85. The van der Waals surface area contributed by atoms with Crippen molar-refractivity contribution in [3.8, 4) is 11.3 Å². The zero-order valence-corrected chi connectivity index (χ0v) is 13.0. The number of nitrogens with zero attached hydrogens (tertiary/aromatic N) is 2. The van der Waals surface area contributed by atoms with Crippen LogP contribution < -0.4 is 0 Å². The van der Waals surface area contributed by atoms with Crippen LogP contribution in [0.2, 0.25) is 10.2 Å². The first-order valence-electron chi connectivity index (χ1n) is 6.09. The summed E-state index contributed by atoms with van der Waals surface area (Å²) in [5, 5.41) is 1.21. The average molecular weight is 295 g/mol. The van der Waals surface area contributed by atoms with Gasteiger partial charge in [0.05, 0.1) is 5.69 Å². The Bertz CT molecular complexity index is 599. The maximum Gasteiger partial charge on any atom is 0.136 e. The standard InChI is InChI=1S/C15H16Cl2N2/c1-9-12(10-5-7-11(16)8-6-10)18-14(15(2,3)4)19-13(9)17/h5-8H,1-4H3. The number of aromatic nitrogens is 2. The first kappa shape index (κ1) is 14.3. The predicted octanol–water partition coefficient (Wildman–Crippen LogP) is 5.06.